The fourth-order valence-corrected chi connectivity index (χ4v) is 4.93. The lowest BCUT2D eigenvalue weighted by atomic mass is 9.68. The van der Waals surface area contributed by atoms with Crippen LogP contribution >= 0.6 is 0 Å². The number of halogens is 2. The molecular formula is C21H30F2. The molecule has 0 bridgehead atoms. The van der Waals surface area contributed by atoms with Gasteiger partial charge in [0.2, 0.25) is 0 Å². The van der Waals surface area contributed by atoms with Gasteiger partial charge in [-0.3, -0.25) is 0 Å². The highest BCUT2D eigenvalue weighted by molar-refractivity contribution is 5.33. The fraction of sp³-hybridized carbons (Fsp3) is 0.714. The first kappa shape index (κ1) is 16.9. The lowest BCUT2D eigenvalue weighted by molar-refractivity contribution is 0.153. The molecule has 2 saturated carbocycles. The summed E-state index contributed by atoms with van der Waals surface area (Å²) in [6.07, 6.45) is 16.5. The van der Waals surface area contributed by atoms with Gasteiger partial charge in [-0.05, 0) is 79.9 Å². The summed E-state index contributed by atoms with van der Waals surface area (Å²) < 4.78 is 27.0. The van der Waals surface area contributed by atoms with Gasteiger partial charge in [0.15, 0.2) is 0 Å². The van der Waals surface area contributed by atoms with E-state index in [1.54, 1.807) is 12.2 Å². The molecule has 128 valence electrons. The predicted octanol–water partition coefficient (Wildman–Crippen LogP) is 7.05. The van der Waals surface area contributed by atoms with Crippen LogP contribution in [-0.4, -0.2) is 0 Å². The van der Waals surface area contributed by atoms with E-state index in [2.05, 4.69) is 6.92 Å². The molecule has 0 N–H and O–H groups in total. The van der Waals surface area contributed by atoms with Crippen molar-refractivity contribution in [3.05, 3.63) is 35.5 Å². The fourth-order valence-electron chi connectivity index (χ4n) is 4.93. The third kappa shape index (κ3) is 4.33. The summed E-state index contributed by atoms with van der Waals surface area (Å²) >= 11 is 0. The zero-order valence-corrected chi connectivity index (χ0v) is 14.4. The van der Waals surface area contributed by atoms with E-state index in [0.29, 0.717) is 5.92 Å². The Labute approximate surface area is 139 Å². The smallest absolute Gasteiger partial charge is 0.107 e. The Bertz CT molecular complexity index is 484. The Balaban J connectivity index is 1.54. The number of hydrogen-bond acceptors (Lipinski definition) is 0. The second-order valence-electron chi connectivity index (χ2n) is 7.85. The first-order chi connectivity index (χ1) is 11.2. The Morgan fingerprint density at radius 2 is 1.43 bits per heavy atom. The summed E-state index contributed by atoms with van der Waals surface area (Å²) in [6.45, 7) is 2.32. The van der Waals surface area contributed by atoms with Crippen LogP contribution in [0.2, 0.25) is 0 Å². The lowest BCUT2D eigenvalue weighted by Crippen LogP contribution is -2.26. The van der Waals surface area contributed by atoms with Gasteiger partial charge < -0.3 is 0 Å². The van der Waals surface area contributed by atoms with Gasteiger partial charge in [-0.25, -0.2) is 8.78 Å². The van der Waals surface area contributed by atoms with Gasteiger partial charge in [-0.1, -0.05) is 32.3 Å². The van der Waals surface area contributed by atoms with E-state index in [9.17, 15) is 8.78 Å². The zero-order chi connectivity index (χ0) is 16.2. The molecule has 0 aromatic heterocycles. The van der Waals surface area contributed by atoms with Crippen LogP contribution in [0.15, 0.2) is 35.5 Å². The summed E-state index contributed by atoms with van der Waals surface area (Å²) in [4.78, 5) is 0. The highest BCUT2D eigenvalue weighted by Gasteiger charge is 2.31. The molecule has 3 aliphatic rings. The number of rotatable bonds is 3. The molecule has 0 nitrogen and oxygen atoms in total. The van der Waals surface area contributed by atoms with Crippen molar-refractivity contribution in [2.75, 3.05) is 0 Å². The maximum absolute atomic E-state index is 13.7. The number of hydrogen-bond donors (Lipinski definition) is 0. The van der Waals surface area contributed by atoms with Gasteiger partial charge in [0.1, 0.15) is 11.7 Å². The van der Waals surface area contributed by atoms with Crippen molar-refractivity contribution < 1.29 is 8.78 Å². The Morgan fingerprint density at radius 1 is 0.826 bits per heavy atom. The van der Waals surface area contributed by atoms with Gasteiger partial charge in [0.25, 0.3) is 0 Å². The van der Waals surface area contributed by atoms with E-state index >= 15 is 0 Å². The third-order valence-corrected chi connectivity index (χ3v) is 6.50. The minimum Gasteiger partial charge on any atom is -0.211 e. The van der Waals surface area contributed by atoms with Gasteiger partial charge in [-0.15, -0.1) is 0 Å². The predicted molar refractivity (Wildman–Crippen MR) is 92.3 cm³/mol. The van der Waals surface area contributed by atoms with Gasteiger partial charge in [0, 0.05) is 0 Å². The van der Waals surface area contributed by atoms with E-state index in [0.717, 1.165) is 36.2 Å². The molecule has 2 fully saturated rings. The second kappa shape index (κ2) is 7.77. The minimum absolute atomic E-state index is 0.171. The molecule has 0 amide bonds. The van der Waals surface area contributed by atoms with Gasteiger partial charge >= 0.3 is 0 Å². The van der Waals surface area contributed by atoms with Gasteiger partial charge in [-0.2, -0.15) is 0 Å². The Morgan fingerprint density at radius 3 is 2.04 bits per heavy atom. The summed E-state index contributed by atoms with van der Waals surface area (Å²) in [7, 11) is 0. The van der Waals surface area contributed by atoms with Crippen molar-refractivity contribution in [1.29, 1.82) is 0 Å². The van der Waals surface area contributed by atoms with Crippen LogP contribution in [-0.2, 0) is 0 Å². The maximum atomic E-state index is 13.7. The topological polar surface area (TPSA) is 0 Å². The van der Waals surface area contributed by atoms with Crippen molar-refractivity contribution in [2.45, 2.75) is 71.1 Å². The van der Waals surface area contributed by atoms with Crippen LogP contribution < -0.4 is 0 Å². The first-order valence-corrected chi connectivity index (χ1v) is 9.58. The maximum Gasteiger partial charge on any atom is 0.107 e. The van der Waals surface area contributed by atoms with Crippen LogP contribution in [0.5, 0.6) is 0 Å². The van der Waals surface area contributed by atoms with Crippen LogP contribution in [0.4, 0.5) is 8.78 Å². The molecule has 0 spiro atoms. The molecule has 2 heteroatoms. The summed E-state index contributed by atoms with van der Waals surface area (Å²) in [6, 6.07) is 0. The summed E-state index contributed by atoms with van der Waals surface area (Å²) in [5.74, 6) is 2.49. The van der Waals surface area contributed by atoms with Crippen LogP contribution in [0.25, 0.3) is 0 Å². The van der Waals surface area contributed by atoms with E-state index in [4.69, 9.17) is 0 Å². The minimum atomic E-state index is -0.366. The average Bonchev–Trinajstić information content (AvgIpc) is 2.75. The van der Waals surface area contributed by atoms with E-state index in [1.165, 1.54) is 51.0 Å². The molecule has 23 heavy (non-hydrogen) atoms. The zero-order valence-electron chi connectivity index (χ0n) is 14.4. The van der Waals surface area contributed by atoms with Crippen molar-refractivity contribution in [1.82, 2.24) is 0 Å². The van der Waals surface area contributed by atoms with Crippen molar-refractivity contribution in [2.24, 2.45) is 23.7 Å². The molecule has 0 atom stereocenters. The molecule has 0 aromatic rings. The summed E-state index contributed by atoms with van der Waals surface area (Å²) in [5, 5.41) is 0. The van der Waals surface area contributed by atoms with Crippen LogP contribution in [0, 0.1) is 23.7 Å². The first-order valence-electron chi connectivity index (χ1n) is 9.58. The normalized spacial score (nSPS) is 35.9. The molecular weight excluding hydrogens is 290 g/mol. The van der Waals surface area contributed by atoms with Crippen LogP contribution in [0.3, 0.4) is 0 Å². The molecule has 3 rings (SSSR count). The standard InChI is InChI=1S/C21H30F2/c1-2-15-3-5-16(6-4-15)17-7-9-18(10-8-17)19-11-12-20(22)14-21(23)13-19/h11-13,15-18H,2-10,14H2,1H3. The molecule has 0 aromatic carbocycles. The highest BCUT2D eigenvalue weighted by Crippen LogP contribution is 2.43. The second-order valence-corrected chi connectivity index (χ2v) is 7.85. The molecule has 0 radical (unpaired) electrons. The van der Waals surface area contributed by atoms with E-state index in [1.807, 2.05) is 0 Å². The van der Waals surface area contributed by atoms with Crippen LogP contribution in [0.1, 0.15) is 71.1 Å². The lowest BCUT2D eigenvalue weighted by Gasteiger charge is -2.38. The average molecular weight is 320 g/mol. The SMILES string of the molecule is CCC1CCC(C2CCC(C3=CC=C(F)CC(F)=C3)CC2)CC1. The third-order valence-electron chi connectivity index (χ3n) is 6.50. The van der Waals surface area contributed by atoms with E-state index in [-0.39, 0.29) is 18.1 Å². The van der Waals surface area contributed by atoms with Crippen molar-refractivity contribution in [3.8, 4) is 0 Å². The summed E-state index contributed by atoms with van der Waals surface area (Å²) in [5.41, 5.74) is 1.00. The highest BCUT2D eigenvalue weighted by atomic mass is 19.1. The van der Waals surface area contributed by atoms with E-state index < -0.39 is 0 Å². The Kier molecular flexibility index (Phi) is 5.71. The van der Waals surface area contributed by atoms with Crippen molar-refractivity contribution >= 4 is 0 Å². The quantitative estimate of drug-likeness (QED) is 0.523. The molecule has 0 saturated heterocycles. The molecule has 0 unspecified atom stereocenters. The van der Waals surface area contributed by atoms with Gasteiger partial charge in [0.05, 0.1) is 6.42 Å². The Hall–Kier alpha value is -0.920. The largest absolute Gasteiger partial charge is 0.211 e. The number of allylic oxidation sites excluding steroid dienone is 6. The van der Waals surface area contributed by atoms with Crippen molar-refractivity contribution in [3.63, 3.8) is 0 Å². The molecule has 0 heterocycles. The molecule has 0 aliphatic heterocycles. The molecule has 3 aliphatic carbocycles. The monoisotopic (exact) mass is 320 g/mol.